The van der Waals surface area contributed by atoms with Crippen molar-refractivity contribution in [1.82, 2.24) is 15.0 Å². The number of nitrogens with zero attached hydrogens (tertiary/aromatic N) is 3. The first-order valence-corrected chi connectivity index (χ1v) is 4.72. The summed E-state index contributed by atoms with van der Waals surface area (Å²) in [6, 6.07) is 3.57. The van der Waals surface area contributed by atoms with Gasteiger partial charge in [0.25, 0.3) is 0 Å². The van der Waals surface area contributed by atoms with Crippen molar-refractivity contribution in [2.24, 2.45) is 0 Å². The Kier molecular flexibility index (Phi) is 2.37. The number of hydrogen-bond donors (Lipinski definition) is 1. The van der Waals surface area contributed by atoms with E-state index in [2.05, 4.69) is 15.0 Å². The minimum absolute atomic E-state index is 0.212. The fourth-order valence-electron chi connectivity index (χ4n) is 1.18. The Morgan fingerprint density at radius 1 is 1.27 bits per heavy atom. The van der Waals surface area contributed by atoms with Gasteiger partial charge in [-0.1, -0.05) is 13.8 Å². The van der Waals surface area contributed by atoms with Gasteiger partial charge in [0, 0.05) is 5.92 Å². The van der Waals surface area contributed by atoms with Crippen LogP contribution in [0.4, 0.5) is 5.95 Å². The second-order valence-electron chi connectivity index (χ2n) is 3.51. The molecule has 15 heavy (non-hydrogen) atoms. The Balaban J connectivity index is 2.49. The van der Waals surface area contributed by atoms with Crippen LogP contribution in [-0.2, 0) is 0 Å². The fraction of sp³-hybridized carbons (Fsp3) is 0.300. The van der Waals surface area contributed by atoms with Crippen molar-refractivity contribution in [2.75, 3.05) is 5.73 Å². The number of furan rings is 1. The van der Waals surface area contributed by atoms with Gasteiger partial charge >= 0.3 is 0 Å². The van der Waals surface area contributed by atoms with Crippen LogP contribution >= 0.6 is 0 Å². The third-order valence-electron chi connectivity index (χ3n) is 1.93. The molecule has 0 atom stereocenters. The molecule has 0 aliphatic carbocycles. The topological polar surface area (TPSA) is 77.8 Å². The Morgan fingerprint density at radius 2 is 2.07 bits per heavy atom. The third kappa shape index (κ3) is 1.96. The molecular weight excluding hydrogens is 192 g/mol. The molecule has 78 valence electrons. The van der Waals surface area contributed by atoms with Crippen LogP contribution in [0.3, 0.4) is 0 Å². The van der Waals surface area contributed by atoms with E-state index < -0.39 is 0 Å². The van der Waals surface area contributed by atoms with E-state index in [4.69, 9.17) is 10.2 Å². The number of anilines is 1. The summed E-state index contributed by atoms with van der Waals surface area (Å²) in [4.78, 5) is 12.4. The predicted octanol–water partition coefficient (Wildman–Crippen LogP) is 1.84. The van der Waals surface area contributed by atoms with E-state index in [1.807, 2.05) is 13.8 Å². The molecule has 5 heteroatoms. The quantitative estimate of drug-likeness (QED) is 0.807. The maximum atomic E-state index is 5.60. The van der Waals surface area contributed by atoms with Crippen LogP contribution in [0.25, 0.3) is 11.6 Å². The minimum Gasteiger partial charge on any atom is -0.461 e. The van der Waals surface area contributed by atoms with E-state index in [0.29, 0.717) is 17.4 Å². The van der Waals surface area contributed by atoms with Crippen molar-refractivity contribution >= 4 is 5.95 Å². The van der Waals surface area contributed by atoms with E-state index in [-0.39, 0.29) is 11.9 Å². The highest BCUT2D eigenvalue weighted by atomic mass is 16.3. The van der Waals surface area contributed by atoms with Gasteiger partial charge in [0.1, 0.15) is 5.82 Å². The maximum absolute atomic E-state index is 5.60. The first-order valence-electron chi connectivity index (χ1n) is 4.72. The average molecular weight is 204 g/mol. The Hall–Kier alpha value is -1.91. The van der Waals surface area contributed by atoms with Crippen molar-refractivity contribution in [3.63, 3.8) is 0 Å². The molecule has 0 unspecified atom stereocenters. The summed E-state index contributed by atoms with van der Waals surface area (Å²) in [5.41, 5.74) is 5.60. The summed E-state index contributed by atoms with van der Waals surface area (Å²) in [6.07, 6.45) is 1.57. The molecular formula is C10H12N4O. The fourth-order valence-corrected chi connectivity index (χ4v) is 1.18. The highest BCUT2D eigenvalue weighted by Gasteiger charge is 2.10. The van der Waals surface area contributed by atoms with Crippen LogP contribution in [0.15, 0.2) is 22.8 Å². The summed E-state index contributed by atoms with van der Waals surface area (Å²) >= 11 is 0. The lowest BCUT2D eigenvalue weighted by molar-refractivity contribution is 0.575. The molecule has 0 aromatic carbocycles. The molecule has 0 radical (unpaired) electrons. The van der Waals surface area contributed by atoms with Gasteiger partial charge < -0.3 is 10.2 Å². The lowest BCUT2D eigenvalue weighted by Gasteiger charge is -2.05. The first-order chi connectivity index (χ1) is 7.16. The highest BCUT2D eigenvalue weighted by Crippen LogP contribution is 2.18. The molecule has 0 fully saturated rings. The molecule has 0 amide bonds. The largest absolute Gasteiger partial charge is 0.461 e. The third-order valence-corrected chi connectivity index (χ3v) is 1.93. The molecule has 0 aliphatic rings. The number of nitrogen functional groups attached to an aromatic ring is 1. The molecule has 0 bridgehead atoms. The van der Waals surface area contributed by atoms with Crippen LogP contribution in [-0.4, -0.2) is 15.0 Å². The van der Waals surface area contributed by atoms with Gasteiger partial charge in [0.15, 0.2) is 5.76 Å². The standard InChI is InChI=1S/C10H12N4O/c1-6(2)8-12-9(14-10(11)13-8)7-4-3-5-15-7/h3-6H,1-2H3,(H2,11,12,13,14). The zero-order valence-electron chi connectivity index (χ0n) is 8.64. The highest BCUT2D eigenvalue weighted by molar-refractivity contribution is 5.47. The van der Waals surface area contributed by atoms with Crippen molar-refractivity contribution in [1.29, 1.82) is 0 Å². The monoisotopic (exact) mass is 204 g/mol. The van der Waals surface area contributed by atoms with Crippen molar-refractivity contribution < 1.29 is 4.42 Å². The molecule has 2 rings (SSSR count). The lowest BCUT2D eigenvalue weighted by atomic mass is 10.2. The number of rotatable bonds is 2. The van der Waals surface area contributed by atoms with Crippen LogP contribution in [0.5, 0.6) is 0 Å². The molecule has 0 saturated carbocycles. The van der Waals surface area contributed by atoms with Crippen LogP contribution in [0.2, 0.25) is 0 Å². The minimum atomic E-state index is 0.212. The molecule has 0 saturated heterocycles. The number of hydrogen-bond acceptors (Lipinski definition) is 5. The zero-order chi connectivity index (χ0) is 10.8. The van der Waals surface area contributed by atoms with E-state index in [9.17, 15) is 0 Å². The van der Waals surface area contributed by atoms with Crippen LogP contribution < -0.4 is 5.73 Å². The molecule has 2 heterocycles. The van der Waals surface area contributed by atoms with E-state index in [1.165, 1.54) is 0 Å². The zero-order valence-corrected chi connectivity index (χ0v) is 8.64. The molecule has 2 N–H and O–H groups in total. The second-order valence-corrected chi connectivity index (χ2v) is 3.51. The molecule has 0 spiro atoms. The van der Waals surface area contributed by atoms with Gasteiger partial charge in [0.2, 0.25) is 11.8 Å². The van der Waals surface area contributed by atoms with E-state index >= 15 is 0 Å². The van der Waals surface area contributed by atoms with E-state index in [1.54, 1.807) is 18.4 Å². The smallest absolute Gasteiger partial charge is 0.223 e. The van der Waals surface area contributed by atoms with Crippen molar-refractivity contribution in [3.8, 4) is 11.6 Å². The predicted molar refractivity (Wildman–Crippen MR) is 56.0 cm³/mol. The Labute approximate surface area is 87.4 Å². The van der Waals surface area contributed by atoms with Gasteiger partial charge in [-0.05, 0) is 12.1 Å². The molecule has 2 aromatic heterocycles. The second kappa shape index (κ2) is 3.68. The Bertz CT molecular complexity index is 450. The lowest BCUT2D eigenvalue weighted by Crippen LogP contribution is -2.05. The van der Waals surface area contributed by atoms with Crippen LogP contribution in [0.1, 0.15) is 25.6 Å². The van der Waals surface area contributed by atoms with Gasteiger partial charge in [-0.3, -0.25) is 0 Å². The van der Waals surface area contributed by atoms with Gasteiger partial charge in [0.05, 0.1) is 6.26 Å². The summed E-state index contributed by atoms with van der Waals surface area (Å²) in [5.74, 6) is 2.19. The van der Waals surface area contributed by atoms with Crippen molar-refractivity contribution in [3.05, 3.63) is 24.2 Å². The summed E-state index contributed by atoms with van der Waals surface area (Å²) in [6.45, 7) is 4.00. The van der Waals surface area contributed by atoms with Crippen molar-refractivity contribution in [2.45, 2.75) is 19.8 Å². The number of aromatic nitrogens is 3. The molecule has 2 aromatic rings. The number of nitrogens with two attached hydrogens (primary N) is 1. The van der Waals surface area contributed by atoms with Gasteiger partial charge in [-0.25, -0.2) is 4.98 Å². The summed E-state index contributed by atoms with van der Waals surface area (Å²) < 4.78 is 5.20. The molecule has 0 aliphatic heterocycles. The van der Waals surface area contributed by atoms with Gasteiger partial charge in [-0.15, -0.1) is 0 Å². The molecule has 5 nitrogen and oxygen atoms in total. The normalized spacial score (nSPS) is 10.9. The van der Waals surface area contributed by atoms with Gasteiger partial charge in [-0.2, -0.15) is 9.97 Å². The maximum Gasteiger partial charge on any atom is 0.223 e. The SMILES string of the molecule is CC(C)c1nc(N)nc(-c2ccco2)n1. The summed E-state index contributed by atoms with van der Waals surface area (Å²) in [7, 11) is 0. The van der Waals surface area contributed by atoms with Crippen LogP contribution in [0, 0.1) is 0 Å². The summed E-state index contributed by atoms with van der Waals surface area (Å²) in [5, 5.41) is 0. The van der Waals surface area contributed by atoms with E-state index in [0.717, 1.165) is 0 Å². The average Bonchev–Trinajstić information content (AvgIpc) is 2.69. The first kappa shape index (κ1) is 9.64. The Morgan fingerprint density at radius 3 is 2.67 bits per heavy atom.